The summed E-state index contributed by atoms with van der Waals surface area (Å²) in [5.41, 5.74) is 0.550. The Morgan fingerprint density at radius 1 is 1.29 bits per heavy atom. The minimum atomic E-state index is -0.341. The highest BCUT2D eigenvalue weighted by Crippen LogP contribution is 2.26. The van der Waals surface area contributed by atoms with Crippen LogP contribution in [-0.4, -0.2) is 48.9 Å². The molecule has 1 fully saturated rings. The Hall–Kier alpha value is -0.940. The second-order valence-electron chi connectivity index (χ2n) is 5.87. The largest absolute Gasteiger partial charge is 0.334 e. The number of carbonyl (C=O) groups excluding carboxylic acids is 1. The Morgan fingerprint density at radius 2 is 1.95 bits per heavy atom. The number of hydrogen-bond acceptors (Lipinski definition) is 2. The first kappa shape index (κ1) is 16.4. The van der Waals surface area contributed by atoms with E-state index in [0.29, 0.717) is 22.6 Å². The Labute approximate surface area is 134 Å². The lowest BCUT2D eigenvalue weighted by Crippen LogP contribution is -2.42. The monoisotopic (exact) mass is 356 g/mol. The zero-order chi connectivity index (χ0) is 15.4. The van der Waals surface area contributed by atoms with Gasteiger partial charge in [0, 0.05) is 24.7 Å². The normalized spacial score (nSPS) is 15.7. The van der Waals surface area contributed by atoms with Crippen LogP contribution in [0.2, 0.25) is 0 Å². The lowest BCUT2D eigenvalue weighted by molar-refractivity contribution is 0.0667. The average molecular weight is 357 g/mol. The molecule has 0 aromatic heterocycles. The molecule has 1 aromatic carbocycles. The maximum Gasteiger partial charge on any atom is 0.254 e. The van der Waals surface area contributed by atoms with Crippen molar-refractivity contribution in [2.75, 3.05) is 27.2 Å². The standard InChI is InChI=1S/C16H22BrFN2O/c1-19(2)9-10-20(13-5-3-4-6-13)16(21)12-7-8-15(18)14(17)11-12/h7-8,11,13H,3-6,9-10H2,1-2H3. The molecule has 0 heterocycles. The number of benzene rings is 1. The summed E-state index contributed by atoms with van der Waals surface area (Å²) in [5.74, 6) is -0.336. The quantitative estimate of drug-likeness (QED) is 0.805. The van der Waals surface area contributed by atoms with Gasteiger partial charge in [-0.2, -0.15) is 0 Å². The van der Waals surface area contributed by atoms with Gasteiger partial charge in [0.25, 0.3) is 5.91 Å². The van der Waals surface area contributed by atoms with E-state index in [-0.39, 0.29) is 11.7 Å². The molecule has 1 amide bonds. The van der Waals surface area contributed by atoms with Crippen LogP contribution in [0.25, 0.3) is 0 Å². The van der Waals surface area contributed by atoms with E-state index >= 15 is 0 Å². The summed E-state index contributed by atoms with van der Waals surface area (Å²) in [4.78, 5) is 16.8. The molecule has 5 heteroatoms. The van der Waals surface area contributed by atoms with Gasteiger partial charge in [0.15, 0.2) is 0 Å². The molecule has 1 saturated carbocycles. The third kappa shape index (κ3) is 4.27. The van der Waals surface area contributed by atoms with Crippen LogP contribution >= 0.6 is 15.9 Å². The van der Waals surface area contributed by atoms with Gasteiger partial charge in [-0.25, -0.2) is 4.39 Å². The fourth-order valence-corrected chi connectivity index (χ4v) is 3.15. The van der Waals surface area contributed by atoms with E-state index in [1.54, 1.807) is 12.1 Å². The predicted octanol–water partition coefficient (Wildman–Crippen LogP) is 3.53. The fourth-order valence-electron chi connectivity index (χ4n) is 2.77. The summed E-state index contributed by atoms with van der Waals surface area (Å²) in [6.07, 6.45) is 4.51. The van der Waals surface area contributed by atoms with Crippen molar-refractivity contribution in [2.24, 2.45) is 0 Å². The fraction of sp³-hybridized carbons (Fsp3) is 0.562. The van der Waals surface area contributed by atoms with Gasteiger partial charge in [-0.15, -0.1) is 0 Å². The molecule has 21 heavy (non-hydrogen) atoms. The Bertz CT molecular complexity index is 501. The van der Waals surface area contributed by atoms with E-state index in [2.05, 4.69) is 20.8 Å². The summed E-state index contributed by atoms with van der Waals surface area (Å²) in [7, 11) is 4.01. The van der Waals surface area contributed by atoms with Crippen LogP contribution in [0, 0.1) is 5.82 Å². The molecule has 0 atom stereocenters. The lowest BCUT2D eigenvalue weighted by Gasteiger charge is -2.30. The van der Waals surface area contributed by atoms with Crippen LogP contribution in [0.15, 0.2) is 22.7 Å². The number of rotatable bonds is 5. The molecule has 2 rings (SSSR count). The van der Waals surface area contributed by atoms with Crippen LogP contribution in [-0.2, 0) is 0 Å². The molecular weight excluding hydrogens is 335 g/mol. The van der Waals surface area contributed by atoms with Crippen molar-refractivity contribution in [2.45, 2.75) is 31.7 Å². The molecule has 116 valence electrons. The number of hydrogen-bond donors (Lipinski definition) is 0. The average Bonchev–Trinajstić information content (AvgIpc) is 2.95. The molecule has 1 aromatic rings. The minimum Gasteiger partial charge on any atom is -0.334 e. The number of halogens is 2. The molecule has 0 spiro atoms. The van der Waals surface area contributed by atoms with Crippen LogP contribution in [0.5, 0.6) is 0 Å². The van der Waals surface area contributed by atoms with Gasteiger partial charge in [0.05, 0.1) is 4.47 Å². The zero-order valence-corrected chi connectivity index (χ0v) is 14.2. The van der Waals surface area contributed by atoms with Crippen molar-refractivity contribution in [1.82, 2.24) is 9.80 Å². The van der Waals surface area contributed by atoms with Gasteiger partial charge in [-0.3, -0.25) is 4.79 Å². The van der Waals surface area contributed by atoms with E-state index in [9.17, 15) is 9.18 Å². The minimum absolute atomic E-state index is 0.00412. The van der Waals surface area contributed by atoms with E-state index in [4.69, 9.17) is 0 Å². The smallest absolute Gasteiger partial charge is 0.254 e. The number of carbonyl (C=O) groups is 1. The summed E-state index contributed by atoms with van der Waals surface area (Å²) in [5, 5.41) is 0. The van der Waals surface area contributed by atoms with Crippen LogP contribution in [0.4, 0.5) is 4.39 Å². The van der Waals surface area contributed by atoms with E-state index in [1.807, 2.05) is 19.0 Å². The highest BCUT2D eigenvalue weighted by atomic mass is 79.9. The van der Waals surface area contributed by atoms with Gasteiger partial charge in [0.2, 0.25) is 0 Å². The van der Waals surface area contributed by atoms with E-state index < -0.39 is 0 Å². The molecule has 0 N–H and O–H groups in total. The van der Waals surface area contributed by atoms with E-state index in [1.165, 1.54) is 18.9 Å². The molecule has 0 aliphatic heterocycles. The SMILES string of the molecule is CN(C)CCN(C(=O)c1ccc(F)c(Br)c1)C1CCCC1. The van der Waals surface area contributed by atoms with Gasteiger partial charge >= 0.3 is 0 Å². The number of nitrogens with zero attached hydrogens (tertiary/aromatic N) is 2. The van der Waals surface area contributed by atoms with Crippen LogP contribution in [0.3, 0.4) is 0 Å². The maximum absolute atomic E-state index is 13.3. The highest BCUT2D eigenvalue weighted by molar-refractivity contribution is 9.10. The van der Waals surface area contributed by atoms with Gasteiger partial charge in [-0.05, 0) is 61.1 Å². The maximum atomic E-state index is 13.3. The molecule has 0 saturated heterocycles. The third-order valence-electron chi connectivity index (χ3n) is 3.98. The first-order valence-corrected chi connectivity index (χ1v) is 8.19. The second kappa shape index (κ2) is 7.36. The Kier molecular flexibility index (Phi) is 5.76. The molecule has 0 unspecified atom stereocenters. The van der Waals surface area contributed by atoms with Crippen LogP contribution < -0.4 is 0 Å². The van der Waals surface area contributed by atoms with Gasteiger partial charge in [0.1, 0.15) is 5.82 Å². The summed E-state index contributed by atoms with van der Waals surface area (Å²) in [6, 6.07) is 4.81. The van der Waals surface area contributed by atoms with Crippen molar-refractivity contribution in [3.05, 3.63) is 34.1 Å². The molecule has 0 radical (unpaired) electrons. The molecule has 1 aliphatic rings. The highest BCUT2D eigenvalue weighted by Gasteiger charge is 2.27. The molecule has 0 bridgehead atoms. The van der Waals surface area contributed by atoms with E-state index in [0.717, 1.165) is 19.4 Å². The topological polar surface area (TPSA) is 23.6 Å². The first-order chi connectivity index (χ1) is 9.99. The predicted molar refractivity (Wildman–Crippen MR) is 85.9 cm³/mol. The number of amides is 1. The van der Waals surface area contributed by atoms with Crippen molar-refractivity contribution in [3.8, 4) is 0 Å². The zero-order valence-electron chi connectivity index (χ0n) is 12.6. The lowest BCUT2D eigenvalue weighted by atomic mass is 10.1. The third-order valence-corrected chi connectivity index (χ3v) is 4.59. The van der Waals surface area contributed by atoms with Crippen molar-refractivity contribution < 1.29 is 9.18 Å². The second-order valence-corrected chi connectivity index (χ2v) is 6.72. The summed E-state index contributed by atoms with van der Waals surface area (Å²) < 4.78 is 13.7. The molecule has 3 nitrogen and oxygen atoms in total. The van der Waals surface area contributed by atoms with Crippen molar-refractivity contribution in [3.63, 3.8) is 0 Å². The van der Waals surface area contributed by atoms with Crippen LogP contribution in [0.1, 0.15) is 36.0 Å². The summed E-state index contributed by atoms with van der Waals surface area (Å²) >= 11 is 3.16. The van der Waals surface area contributed by atoms with Gasteiger partial charge in [-0.1, -0.05) is 12.8 Å². The Morgan fingerprint density at radius 3 is 2.52 bits per heavy atom. The van der Waals surface area contributed by atoms with Crippen molar-refractivity contribution >= 4 is 21.8 Å². The first-order valence-electron chi connectivity index (χ1n) is 7.40. The Balaban J connectivity index is 2.17. The molecule has 1 aliphatic carbocycles. The summed E-state index contributed by atoms with van der Waals surface area (Å²) in [6.45, 7) is 1.55. The van der Waals surface area contributed by atoms with Gasteiger partial charge < -0.3 is 9.80 Å². The van der Waals surface area contributed by atoms with Crippen molar-refractivity contribution in [1.29, 1.82) is 0 Å². The number of likely N-dealkylation sites (N-methyl/N-ethyl adjacent to an activating group) is 1. The molecular formula is C16H22BrFN2O.